The van der Waals surface area contributed by atoms with Crippen molar-refractivity contribution in [1.29, 1.82) is 0 Å². The molecule has 0 bridgehead atoms. The van der Waals surface area contributed by atoms with Gasteiger partial charge in [0, 0.05) is 27.7 Å². The van der Waals surface area contributed by atoms with Gasteiger partial charge in [-0.1, -0.05) is 15.9 Å². The Morgan fingerprint density at radius 3 is 2.73 bits per heavy atom. The molecule has 3 aliphatic rings. The fourth-order valence-corrected chi connectivity index (χ4v) is 4.92. The summed E-state index contributed by atoms with van der Waals surface area (Å²) < 4.78 is 12.1. The maximum atomic E-state index is 11.8. The average molecular weight is 415 g/mol. The lowest BCUT2D eigenvalue weighted by Crippen LogP contribution is -2.32. The predicted molar refractivity (Wildman–Crippen MR) is 102 cm³/mol. The van der Waals surface area contributed by atoms with Crippen molar-refractivity contribution in [3.8, 4) is 11.5 Å². The van der Waals surface area contributed by atoms with Crippen molar-refractivity contribution in [3.63, 3.8) is 0 Å². The molecule has 5 rings (SSSR count). The van der Waals surface area contributed by atoms with Crippen LogP contribution >= 0.6 is 15.9 Å². The third-order valence-corrected chi connectivity index (χ3v) is 6.32. The minimum atomic E-state index is 0.1000. The number of fused-ring (bicyclic) bond motifs is 4. The van der Waals surface area contributed by atoms with Crippen molar-refractivity contribution in [2.45, 2.75) is 25.4 Å². The van der Waals surface area contributed by atoms with Crippen molar-refractivity contribution in [2.75, 3.05) is 18.7 Å². The van der Waals surface area contributed by atoms with Crippen LogP contribution in [0.3, 0.4) is 0 Å². The summed E-state index contributed by atoms with van der Waals surface area (Å²) in [5.74, 6) is 2.08. The Balaban J connectivity index is 1.59. The third kappa shape index (κ3) is 2.43. The number of hydrogen-bond donors (Lipinski definition) is 2. The van der Waals surface area contributed by atoms with E-state index in [9.17, 15) is 4.79 Å². The maximum Gasteiger partial charge on any atom is 0.231 e. The Morgan fingerprint density at radius 1 is 1.12 bits per heavy atom. The average Bonchev–Trinajstić information content (AvgIpc) is 3.29. The third-order valence-electron chi connectivity index (χ3n) is 5.63. The Hall–Kier alpha value is -2.05. The first-order valence-corrected chi connectivity index (χ1v) is 9.65. The first-order valence-electron chi connectivity index (χ1n) is 8.85. The summed E-state index contributed by atoms with van der Waals surface area (Å²) in [6.07, 6.45) is 1.08. The zero-order chi connectivity index (χ0) is 17.8. The van der Waals surface area contributed by atoms with Gasteiger partial charge in [0.05, 0.1) is 6.04 Å². The largest absolute Gasteiger partial charge is 0.454 e. The molecule has 0 amide bonds. The van der Waals surface area contributed by atoms with E-state index < -0.39 is 0 Å². The summed E-state index contributed by atoms with van der Waals surface area (Å²) in [6, 6.07) is 10.4. The molecule has 3 aliphatic heterocycles. The Kier molecular flexibility index (Phi) is 3.72. The molecule has 3 heterocycles. The molecule has 26 heavy (non-hydrogen) atoms. The highest BCUT2D eigenvalue weighted by molar-refractivity contribution is 9.10. The van der Waals surface area contributed by atoms with Gasteiger partial charge in [-0.2, -0.15) is 0 Å². The number of anilines is 1. The Morgan fingerprint density at radius 2 is 1.92 bits per heavy atom. The van der Waals surface area contributed by atoms with E-state index in [1.165, 1.54) is 11.1 Å². The topological polar surface area (TPSA) is 59.6 Å². The molecule has 1 saturated heterocycles. The van der Waals surface area contributed by atoms with Gasteiger partial charge in [0.1, 0.15) is 0 Å². The summed E-state index contributed by atoms with van der Waals surface area (Å²) >= 11 is 3.71. The number of halogens is 1. The van der Waals surface area contributed by atoms with Gasteiger partial charge in [-0.05, 0) is 61.3 Å². The minimum absolute atomic E-state index is 0.1000. The van der Waals surface area contributed by atoms with Crippen LogP contribution in [-0.4, -0.2) is 19.1 Å². The standard InChI is InChI=1S/C20H19BrN2O3/c1-10(24)11-2-3-16-14(6-11)19-12(4-5-22-19)20(23-16)13-7-17-18(8-15(13)21)26-9-25-17/h2-3,6-8,12,19-20,22-23H,4-5,9H2,1H3. The summed E-state index contributed by atoms with van der Waals surface area (Å²) in [4.78, 5) is 11.8. The monoisotopic (exact) mass is 414 g/mol. The lowest BCUT2D eigenvalue weighted by atomic mass is 9.79. The van der Waals surface area contributed by atoms with E-state index in [-0.39, 0.29) is 24.7 Å². The van der Waals surface area contributed by atoms with Crippen LogP contribution in [0.25, 0.3) is 0 Å². The van der Waals surface area contributed by atoms with Gasteiger partial charge in [-0.3, -0.25) is 4.79 Å². The number of ketones is 1. The molecule has 134 valence electrons. The molecule has 0 aliphatic carbocycles. The summed E-state index contributed by atoms with van der Waals surface area (Å²) in [5.41, 5.74) is 4.21. The molecule has 0 spiro atoms. The van der Waals surface area contributed by atoms with Crippen molar-refractivity contribution in [3.05, 3.63) is 51.5 Å². The molecular formula is C20H19BrN2O3. The smallest absolute Gasteiger partial charge is 0.231 e. The molecule has 0 saturated carbocycles. The van der Waals surface area contributed by atoms with E-state index in [2.05, 4.69) is 32.6 Å². The molecule has 5 nitrogen and oxygen atoms in total. The highest BCUT2D eigenvalue weighted by Crippen LogP contribution is 2.50. The highest BCUT2D eigenvalue weighted by atomic mass is 79.9. The fourth-order valence-electron chi connectivity index (χ4n) is 4.35. The second-order valence-corrected chi connectivity index (χ2v) is 7.95. The van der Waals surface area contributed by atoms with Crippen LogP contribution in [0.5, 0.6) is 11.5 Å². The first kappa shape index (κ1) is 16.1. The first-order chi connectivity index (χ1) is 12.6. The SMILES string of the molecule is CC(=O)c1ccc2c(c1)C1NCCC1C(c1cc3c(cc1Br)OCO3)N2. The number of hydrogen-bond acceptors (Lipinski definition) is 5. The van der Waals surface area contributed by atoms with E-state index >= 15 is 0 Å². The zero-order valence-electron chi connectivity index (χ0n) is 14.3. The van der Waals surface area contributed by atoms with Crippen LogP contribution in [0.4, 0.5) is 5.69 Å². The van der Waals surface area contributed by atoms with Crippen LogP contribution in [0.1, 0.15) is 46.9 Å². The molecule has 6 heteroatoms. The number of nitrogens with one attached hydrogen (secondary N) is 2. The van der Waals surface area contributed by atoms with Crippen LogP contribution in [0, 0.1) is 5.92 Å². The summed E-state index contributed by atoms with van der Waals surface area (Å²) in [6.45, 7) is 2.86. The molecule has 3 atom stereocenters. The number of Topliss-reactive ketones (excluding diaryl/α,β-unsaturated/α-hetero) is 1. The quantitative estimate of drug-likeness (QED) is 0.721. The van der Waals surface area contributed by atoms with Crippen LogP contribution < -0.4 is 20.1 Å². The normalized spacial score (nSPS) is 25.4. The highest BCUT2D eigenvalue weighted by Gasteiger charge is 2.41. The van der Waals surface area contributed by atoms with E-state index in [0.29, 0.717) is 5.92 Å². The van der Waals surface area contributed by atoms with Crippen LogP contribution in [0.15, 0.2) is 34.8 Å². The number of carbonyl (C=O) groups excluding carboxylic acids is 1. The van der Waals surface area contributed by atoms with Crippen molar-refractivity contribution >= 4 is 27.4 Å². The molecule has 3 unspecified atom stereocenters. The van der Waals surface area contributed by atoms with Crippen molar-refractivity contribution in [2.24, 2.45) is 5.92 Å². The summed E-state index contributed by atoms with van der Waals surface area (Å²) in [5, 5.41) is 7.34. The van der Waals surface area contributed by atoms with Crippen LogP contribution in [-0.2, 0) is 0 Å². The van der Waals surface area contributed by atoms with Gasteiger partial charge in [-0.25, -0.2) is 0 Å². The van der Waals surface area contributed by atoms with Gasteiger partial charge in [0.2, 0.25) is 6.79 Å². The van der Waals surface area contributed by atoms with E-state index in [1.54, 1.807) is 6.92 Å². The molecule has 2 aromatic carbocycles. The van der Waals surface area contributed by atoms with Gasteiger partial charge in [0.15, 0.2) is 17.3 Å². The maximum absolute atomic E-state index is 11.8. The minimum Gasteiger partial charge on any atom is -0.454 e. The number of ether oxygens (including phenoxy) is 2. The van der Waals surface area contributed by atoms with Gasteiger partial charge < -0.3 is 20.1 Å². The molecule has 0 radical (unpaired) electrons. The number of carbonyl (C=O) groups is 1. The molecule has 1 fully saturated rings. The van der Waals surface area contributed by atoms with E-state index in [4.69, 9.17) is 9.47 Å². The second-order valence-electron chi connectivity index (χ2n) is 7.09. The van der Waals surface area contributed by atoms with Gasteiger partial charge >= 0.3 is 0 Å². The van der Waals surface area contributed by atoms with Crippen molar-refractivity contribution < 1.29 is 14.3 Å². The molecule has 2 aromatic rings. The second kappa shape index (κ2) is 5.99. The molecule has 0 aromatic heterocycles. The Bertz CT molecular complexity index is 914. The van der Waals surface area contributed by atoms with E-state index in [0.717, 1.165) is 40.2 Å². The summed E-state index contributed by atoms with van der Waals surface area (Å²) in [7, 11) is 0. The van der Waals surface area contributed by atoms with Crippen LogP contribution in [0.2, 0.25) is 0 Å². The van der Waals surface area contributed by atoms with Gasteiger partial charge in [-0.15, -0.1) is 0 Å². The number of rotatable bonds is 2. The number of benzene rings is 2. The molecular weight excluding hydrogens is 396 g/mol. The molecule has 2 N–H and O–H groups in total. The van der Waals surface area contributed by atoms with E-state index in [1.807, 2.05) is 24.3 Å². The lowest BCUT2D eigenvalue weighted by molar-refractivity contribution is 0.101. The Labute approximate surface area is 160 Å². The van der Waals surface area contributed by atoms with Crippen molar-refractivity contribution in [1.82, 2.24) is 5.32 Å². The zero-order valence-corrected chi connectivity index (χ0v) is 15.9. The fraction of sp³-hybridized carbons (Fsp3) is 0.350. The predicted octanol–water partition coefficient (Wildman–Crippen LogP) is 4.20. The lowest BCUT2D eigenvalue weighted by Gasteiger charge is -2.38. The van der Waals surface area contributed by atoms with Gasteiger partial charge in [0.25, 0.3) is 0 Å².